The highest BCUT2D eigenvalue weighted by Gasteiger charge is 2.04. The fourth-order valence-corrected chi connectivity index (χ4v) is 0.929. The van der Waals surface area contributed by atoms with E-state index >= 15 is 0 Å². The standard InChI is InChI=1S/C8H9NO2/c1-5-3-7(11)4-9-8(5)6(2)10/h3-4,11H,1-2H3. The van der Waals surface area contributed by atoms with Gasteiger partial charge < -0.3 is 5.11 Å². The summed E-state index contributed by atoms with van der Waals surface area (Å²) in [5.74, 6) is 0.00926. The van der Waals surface area contributed by atoms with Crippen LogP contribution in [0.3, 0.4) is 0 Å². The highest BCUT2D eigenvalue weighted by Crippen LogP contribution is 2.12. The van der Waals surface area contributed by atoms with Crippen molar-refractivity contribution in [2.45, 2.75) is 13.8 Å². The first-order chi connectivity index (χ1) is 5.11. The molecule has 1 aromatic heterocycles. The van der Waals surface area contributed by atoms with E-state index < -0.39 is 0 Å². The third-order valence-corrected chi connectivity index (χ3v) is 1.40. The van der Waals surface area contributed by atoms with Gasteiger partial charge in [-0.15, -0.1) is 0 Å². The Bertz CT molecular complexity index is 294. The maximum absolute atomic E-state index is 10.8. The van der Waals surface area contributed by atoms with Crippen molar-refractivity contribution in [3.05, 3.63) is 23.5 Å². The molecule has 0 aliphatic rings. The highest BCUT2D eigenvalue weighted by molar-refractivity contribution is 5.93. The maximum Gasteiger partial charge on any atom is 0.178 e. The Morgan fingerprint density at radius 3 is 2.73 bits per heavy atom. The molecule has 3 heteroatoms. The Labute approximate surface area is 64.7 Å². The number of nitrogens with zero attached hydrogens (tertiary/aromatic N) is 1. The summed E-state index contributed by atoms with van der Waals surface area (Å²) in [6.07, 6.45) is 1.27. The van der Waals surface area contributed by atoms with Crippen molar-refractivity contribution in [1.29, 1.82) is 0 Å². The maximum atomic E-state index is 10.8. The van der Waals surface area contributed by atoms with Crippen LogP contribution in [-0.2, 0) is 0 Å². The Balaban J connectivity index is 3.20. The van der Waals surface area contributed by atoms with Gasteiger partial charge in [-0.1, -0.05) is 0 Å². The first kappa shape index (κ1) is 7.72. The van der Waals surface area contributed by atoms with Gasteiger partial charge in [0.15, 0.2) is 5.78 Å². The number of pyridine rings is 1. The van der Waals surface area contributed by atoms with Gasteiger partial charge in [-0.05, 0) is 18.6 Å². The Hall–Kier alpha value is -1.38. The lowest BCUT2D eigenvalue weighted by Gasteiger charge is -1.99. The summed E-state index contributed by atoms with van der Waals surface area (Å²) in [5.41, 5.74) is 1.13. The molecule has 0 aliphatic heterocycles. The molecule has 0 radical (unpaired) electrons. The van der Waals surface area contributed by atoms with E-state index in [9.17, 15) is 4.79 Å². The second-order valence-electron chi connectivity index (χ2n) is 2.42. The number of aromatic hydroxyl groups is 1. The first-order valence-electron chi connectivity index (χ1n) is 3.28. The highest BCUT2D eigenvalue weighted by atomic mass is 16.3. The zero-order valence-corrected chi connectivity index (χ0v) is 6.46. The van der Waals surface area contributed by atoms with E-state index in [0.29, 0.717) is 11.3 Å². The zero-order valence-electron chi connectivity index (χ0n) is 6.46. The molecule has 1 heterocycles. The van der Waals surface area contributed by atoms with Crippen LogP contribution in [0.2, 0.25) is 0 Å². The van der Waals surface area contributed by atoms with Crippen molar-refractivity contribution in [3.8, 4) is 5.75 Å². The van der Waals surface area contributed by atoms with E-state index in [2.05, 4.69) is 4.98 Å². The van der Waals surface area contributed by atoms with E-state index in [-0.39, 0.29) is 11.5 Å². The van der Waals surface area contributed by atoms with E-state index in [0.717, 1.165) is 0 Å². The van der Waals surface area contributed by atoms with Crippen LogP contribution in [0.1, 0.15) is 23.0 Å². The smallest absolute Gasteiger partial charge is 0.178 e. The monoisotopic (exact) mass is 151 g/mol. The molecule has 3 nitrogen and oxygen atoms in total. The molecule has 0 aliphatic carbocycles. The summed E-state index contributed by atoms with van der Waals surface area (Å²) in [6.45, 7) is 3.19. The second kappa shape index (κ2) is 2.70. The summed E-state index contributed by atoms with van der Waals surface area (Å²) >= 11 is 0. The second-order valence-corrected chi connectivity index (χ2v) is 2.42. The number of Topliss-reactive ketones (excluding diaryl/α,β-unsaturated/α-hetero) is 1. The topological polar surface area (TPSA) is 50.2 Å². The van der Waals surface area contributed by atoms with E-state index in [1.165, 1.54) is 19.2 Å². The van der Waals surface area contributed by atoms with Crippen molar-refractivity contribution in [2.75, 3.05) is 0 Å². The molecule has 0 unspecified atom stereocenters. The molecule has 1 aromatic rings. The minimum absolute atomic E-state index is 0.0810. The molecule has 1 N–H and O–H groups in total. The molecule has 1 rings (SSSR count). The largest absolute Gasteiger partial charge is 0.506 e. The van der Waals surface area contributed by atoms with Crippen LogP contribution in [-0.4, -0.2) is 15.9 Å². The molecular formula is C8H9NO2. The number of hydrogen-bond donors (Lipinski definition) is 1. The zero-order chi connectivity index (χ0) is 8.43. The lowest BCUT2D eigenvalue weighted by atomic mass is 10.1. The number of hydrogen-bond acceptors (Lipinski definition) is 3. The number of carbonyl (C=O) groups is 1. The van der Waals surface area contributed by atoms with Gasteiger partial charge in [0.2, 0.25) is 0 Å². The number of carbonyl (C=O) groups excluding carboxylic acids is 1. The van der Waals surface area contributed by atoms with Gasteiger partial charge in [0, 0.05) is 6.92 Å². The Kier molecular flexibility index (Phi) is 1.89. The number of aromatic nitrogens is 1. The Morgan fingerprint density at radius 1 is 1.64 bits per heavy atom. The third-order valence-electron chi connectivity index (χ3n) is 1.40. The van der Waals surface area contributed by atoms with Crippen molar-refractivity contribution >= 4 is 5.78 Å². The average molecular weight is 151 g/mol. The van der Waals surface area contributed by atoms with Crippen molar-refractivity contribution < 1.29 is 9.90 Å². The van der Waals surface area contributed by atoms with Crippen LogP contribution < -0.4 is 0 Å². The van der Waals surface area contributed by atoms with Crippen molar-refractivity contribution in [3.63, 3.8) is 0 Å². The van der Waals surface area contributed by atoms with Crippen LogP contribution in [0, 0.1) is 6.92 Å². The molecule has 11 heavy (non-hydrogen) atoms. The lowest BCUT2D eigenvalue weighted by molar-refractivity contribution is 0.101. The van der Waals surface area contributed by atoms with Gasteiger partial charge in [0.05, 0.1) is 6.20 Å². The first-order valence-corrected chi connectivity index (χ1v) is 3.28. The van der Waals surface area contributed by atoms with Crippen molar-refractivity contribution in [2.24, 2.45) is 0 Å². The predicted molar refractivity (Wildman–Crippen MR) is 40.6 cm³/mol. The van der Waals surface area contributed by atoms with Crippen LogP contribution in [0.15, 0.2) is 12.3 Å². The van der Waals surface area contributed by atoms with E-state index in [1.54, 1.807) is 6.92 Å². The van der Waals surface area contributed by atoms with E-state index in [1.807, 2.05) is 0 Å². The van der Waals surface area contributed by atoms with Crippen LogP contribution in [0.5, 0.6) is 5.75 Å². The van der Waals surface area contributed by atoms with E-state index in [4.69, 9.17) is 5.11 Å². The normalized spacial score (nSPS) is 9.64. The quantitative estimate of drug-likeness (QED) is 0.615. The molecule has 0 fully saturated rings. The fraction of sp³-hybridized carbons (Fsp3) is 0.250. The molecule has 58 valence electrons. The molecule has 0 spiro atoms. The summed E-state index contributed by atoms with van der Waals surface area (Å²) < 4.78 is 0. The van der Waals surface area contributed by atoms with Gasteiger partial charge in [-0.3, -0.25) is 4.79 Å². The number of ketones is 1. The minimum atomic E-state index is -0.0810. The summed E-state index contributed by atoms with van der Waals surface area (Å²) in [6, 6.07) is 1.52. The molecule has 0 saturated heterocycles. The molecule has 0 aromatic carbocycles. The molecular weight excluding hydrogens is 142 g/mol. The van der Waals surface area contributed by atoms with Gasteiger partial charge in [-0.25, -0.2) is 4.98 Å². The minimum Gasteiger partial charge on any atom is -0.506 e. The summed E-state index contributed by atoms with van der Waals surface area (Å²) in [4.78, 5) is 14.6. The van der Waals surface area contributed by atoms with Gasteiger partial charge in [0.1, 0.15) is 11.4 Å². The van der Waals surface area contributed by atoms with Crippen LogP contribution in [0.4, 0.5) is 0 Å². The molecule has 0 saturated carbocycles. The average Bonchev–Trinajstić information content (AvgIpc) is 1.85. The fourth-order valence-electron chi connectivity index (χ4n) is 0.929. The SMILES string of the molecule is CC(=O)c1ncc(O)cc1C. The van der Waals surface area contributed by atoms with Crippen molar-refractivity contribution in [1.82, 2.24) is 4.98 Å². The molecule has 0 amide bonds. The molecule has 0 bridgehead atoms. The summed E-state index contributed by atoms with van der Waals surface area (Å²) in [7, 11) is 0. The predicted octanol–water partition coefficient (Wildman–Crippen LogP) is 1.30. The molecule has 0 atom stereocenters. The van der Waals surface area contributed by atoms with Crippen LogP contribution in [0.25, 0.3) is 0 Å². The third kappa shape index (κ3) is 1.55. The number of aryl methyl sites for hydroxylation is 1. The summed E-state index contributed by atoms with van der Waals surface area (Å²) in [5, 5.41) is 8.95. The Morgan fingerprint density at radius 2 is 2.27 bits per heavy atom. The number of rotatable bonds is 1. The van der Waals surface area contributed by atoms with Gasteiger partial charge in [0.25, 0.3) is 0 Å². The van der Waals surface area contributed by atoms with Gasteiger partial charge >= 0.3 is 0 Å². The van der Waals surface area contributed by atoms with Gasteiger partial charge in [-0.2, -0.15) is 0 Å². The van der Waals surface area contributed by atoms with Crippen LogP contribution >= 0.6 is 0 Å². The lowest BCUT2D eigenvalue weighted by Crippen LogP contribution is -1.98.